The number of carbonyl (C=O) groups is 1. The molecule has 0 spiro atoms. The van der Waals surface area contributed by atoms with Crippen LogP contribution in [0, 0.1) is 10.1 Å². The average Bonchev–Trinajstić information content (AvgIpc) is 2.47. The maximum absolute atomic E-state index is 13.1. The highest BCUT2D eigenvalue weighted by molar-refractivity contribution is 5.89. The topological polar surface area (TPSA) is 86.5 Å². The number of halogens is 3. The van der Waals surface area contributed by atoms with Gasteiger partial charge >= 0.3 is 17.8 Å². The Bertz CT molecular complexity index is 813. The second-order valence-corrected chi connectivity index (χ2v) is 4.13. The van der Waals surface area contributed by atoms with E-state index in [-0.39, 0.29) is 10.2 Å². The van der Waals surface area contributed by atoms with E-state index in [9.17, 15) is 28.1 Å². The number of hydrogen-bond acceptors (Lipinski definition) is 5. The molecule has 0 bridgehead atoms. The maximum Gasteiger partial charge on any atom is 0.438 e. The first kappa shape index (κ1) is 15.6. The van der Waals surface area contributed by atoms with E-state index in [0.717, 1.165) is 19.2 Å². The summed E-state index contributed by atoms with van der Waals surface area (Å²) in [7, 11) is 2.07. The lowest BCUT2D eigenvalue weighted by Gasteiger charge is -2.20. The molecule has 0 fully saturated rings. The first-order chi connectivity index (χ1) is 10.2. The summed E-state index contributed by atoms with van der Waals surface area (Å²) < 4.78 is 47.4. The minimum Gasteiger partial charge on any atom is -0.805 e. The zero-order chi connectivity index (χ0) is 16.7. The summed E-state index contributed by atoms with van der Waals surface area (Å²) in [6.07, 6.45) is -5.22. The Balaban J connectivity index is 3.03. The molecular formula is C12H9F3N2O5. The predicted octanol–water partition coefficient (Wildman–Crippen LogP) is 1.72. The SMILES string of the molecule is COC(=O)c1c(C(F)(F)F)n([O-])c2ccc(OC)cc2[n+]1=O. The highest BCUT2D eigenvalue weighted by Gasteiger charge is 2.45. The fourth-order valence-electron chi connectivity index (χ4n) is 1.92. The molecule has 2 aromatic rings. The molecule has 0 saturated heterocycles. The van der Waals surface area contributed by atoms with Crippen molar-refractivity contribution in [1.82, 2.24) is 4.73 Å². The van der Waals surface area contributed by atoms with Gasteiger partial charge in [0.2, 0.25) is 5.69 Å². The molecule has 22 heavy (non-hydrogen) atoms. The number of rotatable bonds is 2. The van der Waals surface area contributed by atoms with Crippen LogP contribution in [0.15, 0.2) is 18.2 Å². The van der Waals surface area contributed by atoms with E-state index >= 15 is 0 Å². The molecule has 0 atom stereocenters. The Labute approximate surface area is 120 Å². The summed E-state index contributed by atoms with van der Waals surface area (Å²) in [6, 6.07) is 3.25. The van der Waals surface area contributed by atoms with Gasteiger partial charge in [-0.05, 0) is 12.1 Å². The van der Waals surface area contributed by atoms with Crippen LogP contribution in [-0.4, -0.2) is 24.9 Å². The van der Waals surface area contributed by atoms with E-state index in [1.807, 2.05) is 0 Å². The van der Waals surface area contributed by atoms with Gasteiger partial charge in [-0.2, -0.15) is 13.2 Å². The number of carbonyl (C=O) groups excluding carboxylic acids is 1. The van der Waals surface area contributed by atoms with Crippen LogP contribution in [0.25, 0.3) is 11.0 Å². The summed E-state index contributed by atoms with van der Waals surface area (Å²) in [5, 5.41) is 12.0. The molecule has 0 aliphatic carbocycles. The fraction of sp³-hybridized carbons (Fsp3) is 0.250. The molecule has 118 valence electrons. The third-order valence-corrected chi connectivity index (χ3v) is 2.90. The largest absolute Gasteiger partial charge is 0.805 e. The first-order valence-electron chi connectivity index (χ1n) is 5.74. The Kier molecular flexibility index (Phi) is 3.69. The van der Waals surface area contributed by atoms with Crippen molar-refractivity contribution in [3.63, 3.8) is 0 Å². The van der Waals surface area contributed by atoms with Crippen LogP contribution in [0.3, 0.4) is 0 Å². The highest BCUT2D eigenvalue weighted by atomic mass is 19.4. The van der Waals surface area contributed by atoms with Crippen molar-refractivity contribution in [2.24, 2.45) is 0 Å². The van der Waals surface area contributed by atoms with Crippen LogP contribution in [0.1, 0.15) is 16.2 Å². The number of methoxy groups -OCH3 is 2. The number of aromatic nitrogens is 2. The van der Waals surface area contributed by atoms with Crippen molar-refractivity contribution in [2.45, 2.75) is 6.18 Å². The molecule has 7 nitrogen and oxygen atoms in total. The van der Waals surface area contributed by atoms with Crippen molar-refractivity contribution < 1.29 is 31.9 Å². The molecule has 0 aliphatic heterocycles. The van der Waals surface area contributed by atoms with Gasteiger partial charge in [0.1, 0.15) is 11.3 Å². The molecule has 0 aliphatic rings. The van der Waals surface area contributed by atoms with Gasteiger partial charge in [-0.15, -0.1) is 0 Å². The van der Waals surface area contributed by atoms with Gasteiger partial charge in [-0.3, -0.25) is 0 Å². The Morgan fingerprint density at radius 1 is 1.32 bits per heavy atom. The molecule has 1 aromatic heterocycles. The second-order valence-electron chi connectivity index (χ2n) is 4.13. The van der Waals surface area contributed by atoms with Crippen LogP contribution in [0.5, 0.6) is 5.75 Å². The molecule has 0 amide bonds. The van der Waals surface area contributed by atoms with Crippen LogP contribution in [0.4, 0.5) is 13.2 Å². The first-order valence-corrected chi connectivity index (χ1v) is 5.74. The Morgan fingerprint density at radius 3 is 2.45 bits per heavy atom. The van der Waals surface area contributed by atoms with Crippen molar-refractivity contribution in [3.8, 4) is 5.75 Å². The standard InChI is InChI=1S/C12H9F3N2O5/c1-21-6-3-4-7-8(5-6)16(19)9(11(18)22-2)10(17(7)20)12(13,14)15/h3-5H,1-2H3. The molecule has 0 N–H and O–H groups in total. The van der Waals surface area contributed by atoms with E-state index < -0.39 is 39.3 Å². The number of fused-ring (bicyclic) bond motifs is 1. The van der Waals surface area contributed by atoms with E-state index in [1.54, 1.807) is 0 Å². The summed E-state index contributed by atoms with van der Waals surface area (Å²) in [5.41, 5.74) is -4.39. The number of nitrogens with zero attached hydrogens (tertiary/aromatic N) is 2. The van der Waals surface area contributed by atoms with Crippen LogP contribution >= 0.6 is 0 Å². The van der Waals surface area contributed by atoms with E-state index in [0.29, 0.717) is 0 Å². The van der Waals surface area contributed by atoms with Crippen LogP contribution in [-0.2, 0) is 10.9 Å². The third kappa shape index (κ3) is 2.32. The van der Waals surface area contributed by atoms with Gasteiger partial charge in [0, 0.05) is 4.91 Å². The van der Waals surface area contributed by atoms with Gasteiger partial charge in [0.25, 0.3) is 5.52 Å². The number of hydrogen-bond donors (Lipinski definition) is 0. The van der Waals surface area contributed by atoms with E-state index in [4.69, 9.17) is 4.74 Å². The van der Waals surface area contributed by atoms with Crippen molar-refractivity contribution in [3.05, 3.63) is 39.7 Å². The van der Waals surface area contributed by atoms with Gasteiger partial charge in [-0.25, -0.2) is 4.79 Å². The Morgan fingerprint density at radius 2 is 1.95 bits per heavy atom. The van der Waals surface area contributed by atoms with Crippen molar-refractivity contribution in [2.75, 3.05) is 14.2 Å². The third-order valence-electron chi connectivity index (χ3n) is 2.90. The lowest BCUT2D eigenvalue weighted by molar-refractivity contribution is -0.471. The lowest BCUT2D eigenvalue weighted by Crippen LogP contribution is -2.35. The fourth-order valence-corrected chi connectivity index (χ4v) is 1.92. The molecule has 0 saturated carbocycles. The molecule has 10 heteroatoms. The zero-order valence-corrected chi connectivity index (χ0v) is 11.3. The molecule has 1 aromatic carbocycles. The summed E-state index contributed by atoms with van der Waals surface area (Å²) in [5.74, 6) is -1.44. The van der Waals surface area contributed by atoms with Crippen LogP contribution < -0.4 is 9.16 Å². The smallest absolute Gasteiger partial charge is 0.438 e. The number of alkyl halides is 3. The van der Waals surface area contributed by atoms with Gasteiger partial charge in [0.15, 0.2) is 0 Å². The lowest BCUT2D eigenvalue weighted by atomic mass is 10.2. The number of ether oxygens (including phenoxy) is 2. The molecular weight excluding hydrogens is 309 g/mol. The molecule has 1 heterocycles. The van der Waals surface area contributed by atoms with Gasteiger partial charge < -0.3 is 19.4 Å². The summed E-state index contributed by atoms with van der Waals surface area (Å²) >= 11 is 0. The minimum absolute atomic E-state index is 0.132. The van der Waals surface area contributed by atoms with Crippen molar-refractivity contribution >= 4 is 17.0 Å². The second kappa shape index (κ2) is 5.20. The minimum atomic E-state index is -5.22. The molecule has 0 unspecified atom stereocenters. The quantitative estimate of drug-likeness (QED) is 0.621. The van der Waals surface area contributed by atoms with Gasteiger partial charge in [0.05, 0.1) is 24.7 Å². The van der Waals surface area contributed by atoms with Crippen molar-refractivity contribution in [1.29, 1.82) is 0 Å². The van der Waals surface area contributed by atoms with Gasteiger partial charge in [-0.1, -0.05) is 0 Å². The van der Waals surface area contributed by atoms with E-state index in [1.165, 1.54) is 13.2 Å². The number of esters is 1. The summed E-state index contributed by atoms with van der Waals surface area (Å²) in [6.45, 7) is 0. The predicted molar refractivity (Wildman–Crippen MR) is 67.0 cm³/mol. The monoisotopic (exact) mass is 318 g/mol. The highest BCUT2D eigenvalue weighted by Crippen LogP contribution is 2.33. The molecule has 0 radical (unpaired) electrons. The number of benzene rings is 1. The Hall–Kier alpha value is -2.78. The summed E-state index contributed by atoms with van der Waals surface area (Å²) in [4.78, 5) is 23.7. The average molecular weight is 318 g/mol. The molecule has 2 rings (SSSR count). The normalized spacial score (nSPS) is 11.5. The van der Waals surface area contributed by atoms with E-state index in [2.05, 4.69) is 4.74 Å². The zero-order valence-electron chi connectivity index (χ0n) is 11.3. The maximum atomic E-state index is 13.1. The van der Waals surface area contributed by atoms with Crippen LogP contribution in [0.2, 0.25) is 0 Å².